The lowest BCUT2D eigenvalue weighted by Crippen LogP contribution is -2.12. The Hall–Kier alpha value is -2.28. The van der Waals surface area contributed by atoms with Crippen LogP contribution in [0, 0.1) is 0 Å². The molecule has 0 fully saturated rings. The smallest absolute Gasteiger partial charge is 0.133 e. The topological polar surface area (TPSA) is 9.23 Å². The summed E-state index contributed by atoms with van der Waals surface area (Å²) in [7, 11) is 1.74. The molecule has 0 saturated carbocycles. The summed E-state index contributed by atoms with van der Waals surface area (Å²) in [6, 6.07) is 13.0. The van der Waals surface area contributed by atoms with Gasteiger partial charge in [0.25, 0.3) is 0 Å². The van der Waals surface area contributed by atoms with Crippen molar-refractivity contribution in [3.63, 3.8) is 0 Å². The van der Waals surface area contributed by atoms with Crippen molar-refractivity contribution < 1.29 is 4.74 Å². The van der Waals surface area contributed by atoms with Gasteiger partial charge in [0.2, 0.25) is 0 Å². The minimum atomic E-state index is 0.105. The van der Waals surface area contributed by atoms with Crippen molar-refractivity contribution in [1.82, 2.24) is 0 Å². The molecule has 2 aliphatic carbocycles. The van der Waals surface area contributed by atoms with E-state index in [9.17, 15) is 0 Å². The summed E-state index contributed by atoms with van der Waals surface area (Å²) in [5.41, 5.74) is 6.06. The van der Waals surface area contributed by atoms with Crippen molar-refractivity contribution in [1.29, 1.82) is 0 Å². The van der Waals surface area contributed by atoms with Crippen LogP contribution in [-0.4, -0.2) is 7.11 Å². The van der Waals surface area contributed by atoms with Gasteiger partial charge < -0.3 is 4.74 Å². The standard InChI is InChI=1S/C21H22O/c1-21(2,3)19-13-17-11-9-15-5-6-16(8-7-15)10-12-18(14-19)20(17)22-4/h5-14H,1-4H3/b11-9+,12-10+. The number of hydrogen-bond acceptors (Lipinski definition) is 1. The van der Waals surface area contributed by atoms with Gasteiger partial charge in [0.15, 0.2) is 0 Å². The molecule has 4 rings (SSSR count). The molecule has 1 heteroatoms. The zero-order chi connectivity index (χ0) is 15.7. The van der Waals surface area contributed by atoms with E-state index in [0.29, 0.717) is 0 Å². The van der Waals surface area contributed by atoms with Crippen molar-refractivity contribution in [2.75, 3.05) is 7.11 Å². The van der Waals surface area contributed by atoms with Crippen LogP contribution in [0.4, 0.5) is 0 Å². The molecule has 0 saturated heterocycles. The first kappa shape index (κ1) is 14.6. The van der Waals surface area contributed by atoms with E-state index >= 15 is 0 Å². The highest BCUT2D eigenvalue weighted by molar-refractivity contribution is 5.81. The zero-order valence-corrected chi connectivity index (χ0v) is 13.7. The van der Waals surface area contributed by atoms with E-state index < -0.39 is 0 Å². The molecule has 22 heavy (non-hydrogen) atoms. The maximum absolute atomic E-state index is 5.69. The SMILES string of the molecule is COc1c2cc(C(C)(C)C)cc1/C=C/c1ccc(cc1)/C=C/2. The largest absolute Gasteiger partial charge is 0.496 e. The normalized spacial score (nSPS) is 16.0. The van der Waals surface area contributed by atoms with Crippen LogP contribution < -0.4 is 4.74 Å². The van der Waals surface area contributed by atoms with Gasteiger partial charge in [-0.3, -0.25) is 0 Å². The average Bonchev–Trinajstić information content (AvgIpc) is 2.52. The van der Waals surface area contributed by atoms with Crippen LogP contribution in [0.2, 0.25) is 0 Å². The molecule has 2 aromatic rings. The maximum atomic E-state index is 5.69. The highest BCUT2D eigenvalue weighted by atomic mass is 16.5. The van der Waals surface area contributed by atoms with E-state index in [1.54, 1.807) is 7.11 Å². The third kappa shape index (κ3) is 2.85. The number of benzene rings is 2. The van der Waals surface area contributed by atoms with Crippen molar-refractivity contribution >= 4 is 24.3 Å². The Bertz CT molecular complexity index is 686. The summed E-state index contributed by atoms with van der Waals surface area (Å²) in [5.74, 6) is 0.933. The summed E-state index contributed by atoms with van der Waals surface area (Å²) in [5, 5.41) is 0. The van der Waals surface area contributed by atoms with Crippen molar-refractivity contribution in [3.05, 3.63) is 64.2 Å². The Morgan fingerprint density at radius 1 is 0.727 bits per heavy atom. The van der Waals surface area contributed by atoms with Crippen LogP contribution in [0.1, 0.15) is 48.6 Å². The van der Waals surface area contributed by atoms with Gasteiger partial charge >= 0.3 is 0 Å². The lowest BCUT2D eigenvalue weighted by molar-refractivity contribution is 0.412. The van der Waals surface area contributed by atoms with Gasteiger partial charge in [-0.15, -0.1) is 0 Å². The summed E-state index contributed by atoms with van der Waals surface area (Å²) < 4.78 is 5.69. The number of fused-ring (bicyclic) bond motifs is 2. The summed E-state index contributed by atoms with van der Waals surface area (Å²) in [6.07, 6.45) is 8.57. The average molecular weight is 290 g/mol. The Morgan fingerprint density at radius 2 is 1.18 bits per heavy atom. The number of methoxy groups -OCH3 is 1. The Labute approximate surface area is 133 Å². The number of hydrogen-bond donors (Lipinski definition) is 0. The fourth-order valence-corrected chi connectivity index (χ4v) is 2.68. The van der Waals surface area contributed by atoms with Crippen molar-refractivity contribution in [2.24, 2.45) is 0 Å². The minimum absolute atomic E-state index is 0.105. The molecule has 0 radical (unpaired) electrons. The van der Waals surface area contributed by atoms with Crippen LogP contribution in [0.3, 0.4) is 0 Å². The van der Waals surface area contributed by atoms with Crippen LogP contribution in [0.15, 0.2) is 36.4 Å². The van der Waals surface area contributed by atoms with Crippen LogP contribution in [-0.2, 0) is 5.41 Å². The van der Waals surface area contributed by atoms with Crippen LogP contribution in [0.25, 0.3) is 24.3 Å². The maximum Gasteiger partial charge on any atom is 0.133 e. The van der Waals surface area contributed by atoms with Crippen LogP contribution in [0.5, 0.6) is 5.75 Å². The van der Waals surface area contributed by atoms with E-state index in [0.717, 1.165) is 16.9 Å². The quantitative estimate of drug-likeness (QED) is 0.563. The third-order valence-electron chi connectivity index (χ3n) is 4.06. The van der Waals surface area contributed by atoms with E-state index in [-0.39, 0.29) is 5.41 Å². The second-order valence-electron chi connectivity index (χ2n) is 6.77. The highest BCUT2D eigenvalue weighted by Gasteiger charge is 2.18. The highest BCUT2D eigenvalue weighted by Crippen LogP contribution is 2.34. The van der Waals surface area contributed by atoms with E-state index in [1.165, 1.54) is 16.7 Å². The molecule has 0 aliphatic heterocycles. The van der Waals surface area contributed by atoms with E-state index in [4.69, 9.17) is 4.74 Å². The van der Waals surface area contributed by atoms with Gasteiger partial charge in [0.1, 0.15) is 5.75 Å². The second-order valence-corrected chi connectivity index (χ2v) is 6.77. The summed E-state index contributed by atoms with van der Waals surface area (Å²) in [6.45, 7) is 6.72. The Balaban J connectivity index is 2.28. The summed E-state index contributed by atoms with van der Waals surface area (Å²) >= 11 is 0. The van der Waals surface area contributed by atoms with Gasteiger partial charge in [-0.05, 0) is 34.2 Å². The molecular weight excluding hydrogens is 268 g/mol. The van der Waals surface area contributed by atoms with Gasteiger partial charge in [-0.25, -0.2) is 0 Å². The molecule has 0 N–H and O–H groups in total. The molecular formula is C21H22O. The van der Waals surface area contributed by atoms with Crippen molar-refractivity contribution in [2.45, 2.75) is 26.2 Å². The molecule has 0 amide bonds. The first-order valence-corrected chi connectivity index (χ1v) is 7.66. The third-order valence-corrected chi connectivity index (χ3v) is 4.06. The van der Waals surface area contributed by atoms with Gasteiger partial charge in [-0.2, -0.15) is 0 Å². The van der Waals surface area contributed by atoms with Gasteiger partial charge in [0, 0.05) is 11.1 Å². The summed E-state index contributed by atoms with van der Waals surface area (Å²) in [4.78, 5) is 0. The fourth-order valence-electron chi connectivity index (χ4n) is 2.68. The molecule has 2 aromatic carbocycles. The van der Waals surface area contributed by atoms with E-state index in [1.807, 2.05) is 0 Å². The minimum Gasteiger partial charge on any atom is -0.496 e. The zero-order valence-electron chi connectivity index (χ0n) is 13.7. The first-order chi connectivity index (χ1) is 10.5. The molecule has 112 valence electrons. The second kappa shape index (κ2) is 5.49. The molecule has 0 heterocycles. The molecule has 0 atom stereocenters. The fraction of sp³-hybridized carbons (Fsp3) is 0.238. The monoisotopic (exact) mass is 290 g/mol. The Kier molecular flexibility index (Phi) is 3.66. The first-order valence-electron chi connectivity index (χ1n) is 7.66. The molecule has 4 bridgehead atoms. The molecule has 0 unspecified atom stereocenters. The van der Waals surface area contributed by atoms with E-state index in [2.05, 4.69) is 81.5 Å². The number of ether oxygens (including phenoxy) is 1. The van der Waals surface area contributed by atoms with Gasteiger partial charge in [-0.1, -0.05) is 69.3 Å². The van der Waals surface area contributed by atoms with Crippen LogP contribution >= 0.6 is 0 Å². The predicted octanol–water partition coefficient (Wildman–Crippen LogP) is 5.65. The van der Waals surface area contributed by atoms with Crippen molar-refractivity contribution in [3.8, 4) is 5.75 Å². The number of rotatable bonds is 1. The van der Waals surface area contributed by atoms with Gasteiger partial charge in [0.05, 0.1) is 7.11 Å². The lowest BCUT2D eigenvalue weighted by Gasteiger charge is -2.22. The molecule has 2 aliphatic rings. The Morgan fingerprint density at radius 3 is 1.55 bits per heavy atom. The molecule has 0 aromatic heterocycles. The molecule has 0 spiro atoms. The molecule has 1 nitrogen and oxygen atoms in total. The lowest BCUT2D eigenvalue weighted by atomic mass is 9.84. The predicted molar refractivity (Wildman–Crippen MR) is 96.0 cm³/mol.